The monoisotopic (exact) mass is 748 g/mol. The number of ether oxygens (including phenoxy) is 1. The maximum Gasteiger partial charge on any atom is 0.106 e. The molecule has 1 fully saturated rings. The molecule has 4 aromatic rings. The molecule has 7 rings (SSSR count). The van der Waals surface area contributed by atoms with Crippen molar-refractivity contribution in [3.63, 3.8) is 0 Å². The number of aryl methyl sites for hydroxylation is 1. The Balaban J connectivity index is 0.000000429. The topological polar surface area (TPSA) is 9.23 Å². The van der Waals surface area contributed by atoms with E-state index in [-0.39, 0.29) is 1.43 Å². The molecule has 202 valence electrons. The summed E-state index contributed by atoms with van der Waals surface area (Å²) in [4.78, 5) is 0. The predicted molar refractivity (Wildman–Crippen MR) is 187 cm³/mol. The third-order valence-corrected chi connectivity index (χ3v) is 10.6. The number of fused-ring (bicyclic) bond motifs is 5. The van der Waals surface area contributed by atoms with Crippen molar-refractivity contribution in [3.8, 4) is 11.1 Å². The van der Waals surface area contributed by atoms with E-state index in [0.717, 1.165) is 12.5 Å². The van der Waals surface area contributed by atoms with Crippen LogP contribution in [-0.2, 0) is 11.2 Å². The Kier molecular flexibility index (Phi) is 8.78. The highest BCUT2D eigenvalue weighted by Crippen LogP contribution is 2.59. The van der Waals surface area contributed by atoms with Crippen LogP contribution in [0.2, 0.25) is 0 Å². The number of benzene rings is 4. The number of hydrogen-bond donors (Lipinski definition) is 0. The average molecular weight is 748 g/mol. The third-order valence-electron chi connectivity index (χ3n) is 8.40. The zero-order chi connectivity index (χ0) is 27.4. The van der Waals surface area contributed by atoms with Crippen molar-refractivity contribution >= 4 is 62.0 Å². The second-order valence-corrected chi connectivity index (χ2v) is 16.9. The molecular weight excluding hydrogens is 714 g/mol. The molecule has 3 aliphatic rings. The Hall–Kier alpha value is -2.38. The van der Waals surface area contributed by atoms with Gasteiger partial charge in [0.05, 0.1) is 7.69 Å². The van der Waals surface area contributed by atoms with Gasteiger partial charge in [0.1, 0.15) is 6.61 Å². The lowest BCUT2D eigenvalue weighted by Crippen LogP contribution is -2.38. The van der Waals surface area contributed by atoms with E-state index in [2.05, 4.69) is 148 Å². The van der Waals surface area contributed by atoms with Crippen LogP contribution in [0.5, 0.6) is 0 Å². The van der Waals surface area contributed by atoms with Crippen LogP contribution in [0.15, 0.2) is 122 Å². The lowest BCUT2D eigenvalue weighted by Gasteiger charge is -2.46. The molecule has 0 saturated heterocycles. The fraction of sp³-hybridized carbons (Fsp3) is 0.243. The summed E-state index contributed by atoms with van der Waals surface area (Å²) in [5, 5.41) is 2.75. The molecule has 0 aromatic heterocycles. The number of halogens is 2. The van der Waals surface area contributed by atoms with Gasteiger partial charge >= 0.3 is 0 Å². The van der Waals surface area contributed by atoms with Gasteiger partial charge in [0.15, 0.2) is 0 Å². The third kappa shape index (κ3) is 6.11. The van der Waals surface area contributed by atoms with Crippen LogP contribution in [0.3, 0.4) is 0 Å². The van der Waals surface area contributed by atoms with E-state index >= 15 is 0 Å². The summed E-state index contributed by atoms with van der Waals surface area (Å²) in [5.74, 6) is 1.94. The molecule has 3 atom stereocenters. The van der Waals surface area contributed by atoms with Gasteiger partial charge < -0.3 is 4.74 Å². The van der Waals surface area contributed by atoms with E-state index < -0.39 is 0 Å². The first-order valence-electron chi connectivity index (χ1n) is 14.2. The zero-order valence-corrected chi connectivity index (χ0v) is 26.9. The summed E-state index contributed by atoms with van der Waals surface area (Å²) in [7, 11) is 0. The summed E-state index contributed by atoms with van der Waals surface area (Å²) >= 11 is 5.59. The molecule has 1 saturated carbocycles. The zero-order valence-electron chi connectivity index (χ0n) is 22.6. The van der Waals surface area contributed by atoms with Gasteiger partial charge in [-0.25, -0.2) is 0 Å². The Morgan fingerprint density at radius 2 is 1.55 bits per heavy atom. The van der Waals surface area contributed by atoms with E-state index in [1.807, 2.05) is 18.2 Å². The SMILES string of the molecule is C1=CCOC=C1.IC1(I)CC(CCc2ccccc2)CC2C=Cc3c(cc(-c4ccccc4)c4ccccc34)C21. The molecule has 0 bridgehead atoms. The molecule has 3 heteroatoms. The van der Waals surface area contributed by atoms with Crippen molar-refractivity contribution < 1.29 is 4.74 Å². The summed E-state index contributed by atoms with van der Waals surface area (Å²) in [6.45, 7) is 0.733. The largest absolute Gasteiger partial charge is 0.497 e. The molecule has 3 unspecified atom stereocenters. The van der Waals surface area contributed by atoms with Gasteiger partial charge in [-0.3, -0.25) is 0 Å². The van der Waals surface area contributed by atoms with Crippen LogP contribution in [0.1, 0.15) is 41.9 Å². The van der Waals surface area contributed by atoms with Crippen molar-refractivity contribution in [2.75, 3.05) is 6.61 Å². The van der Waals surface area contributed by atoms with Crippen molar-refractivity contribution in [2.24, 2.45) is 11.8 Å². The molecule has 40 heavy (non-hydrogen) atoms. The van der Waals surface area contributed by atoms with Gasteiger partial charge in [0.2, 0.25) is 0 Å². The molecule has 4 aromatic carbocycles. The van der Waals surface area contributed by atoms with Crippen LogP contribution < -0.4 is 0 Å². The fourth-order valence-corrected chi connectivity index (χ4v) is 9.44. The molecule has 0 N–H and O–H groups in total. The highest BCUT2D eigenvalue weighted by Gasteiger charge is 2.47. The van der Waals surface area contributed by atoms with Crippen LogP contribution in [0.25, 0.3) is 28.0 Å². The quantitative estimate of drug-likeness (QED) is 0.149. The Bertz CT molecular complexity index is 1520. The molecule has 2 aliphatic carbocycles. The minimum absolute atomic E-state index is 0.218. The fourth-order valence-electron chi connectivity index (χ4n) is 6.60. The van der Waals surface area contributed by atoms with Gasteiger partial charge in [0, 0.05) is 5.92 Å². The van der Waals surface area contributed by atoms with Crippen LogP contribution in [0, 0.1) is 11.8 Å². The van der Waals surface area contributed by atoms with E-state index in [1.165, 1.54) is 58.7 Å². The number of hydrogen-bond acceptors (Lipinski definition) is 1. The highest BCUT2D eigenvalue weighted by molar-refractivity contribution is 14.2. The molecule has 0 amide bonds. The second-order valence-electron chi connectivity index (χ2n) is 11.0. The van der Waals surface area contributed by atoms with Crippen molar-refractivity contribution in [1.29, 1.82) is 0 Å². The lowest BCUT2D eigenvalue weighted by molar-refractivity contribution is 0.264. The first-order chi connectivity index (χ1) is 19.6. The lowest BCUT2D eigenvalue weighted by atomic mass is 9.66. The maximum absolute atomic E-state index is 4.80. The highest BCUT2D eigenvalue weighted by atomic mass is 127. The molecule has 1 aliphatic heterocycles. The standard InChI is InChI=1S/C32H28I2.C5H6O/c33-32(34)21-23(16-15-22-9-3-1-4-10-22)19-25-17-18-28-26-13-7-8-14-27(26)29(20-30(28)31(25)32)24-11-5-2-6-12-24;1-2-4-6-5-3-1/h1-14,17-18,20,23,25,31H,15-16,19,21H2;1-4H,5H2. The van der Waals surface area contributed by atoms with E-state index in [9.17, 15) is 0 Å². The van der Waals surface area contributed by atoms with Crippen LogP contribution in [-0.4, -0.2) is 8.04 Å². The van der Waals surface area contributed by atoms with Crippen molar-refractivity contribution in [1.82, 2.24) is 0 Å². The number of rotatable bonds is 4. The first kappa shape index (κ1) is 27.8. The minimum Gasteiger partial charge on any atom is -0.497 e. The second kappa shape index (κ2) is 12.6. The average Bonchev–Trinajstić information content (AvgIpc) is 3.01. The molecular formula is C37H34I2O. The number of alkyl halides is 2. The molecule has 0 spiro atoms. The summed E-state index contributed by atoms with van der Waals surface area (Å²) in [5.41, 5.74) is 7.16. The molecule has 1 heterocycles. The van der Waals surface area contributed by atoms with Gasteiger partial charge in [0.25, 0.3) is 0 Å². The van der Waals surface area contributed by atoms with E-state index in [1.54, 1.807) is 11.8 Å². The van der Waals surface area contributed by atoms with Crippen molar-refractivity contribution in [2.45, 2.75) is 33.0 Å². The summed E-state index contributed by atoms with van der Waals surface area (Å²) in [6, 6.07) is 33.5. The Labute approximate surface area is 265 Å². The van der Waals surface area contributed by atoms with Crippen molar-refractivity contribution in [3.05, 3.63) is 138 Å². The van der Waals surface area contributed by atoms with Gasteiger partial charge in [-0.1, -0.05) is 148 Å². The maximum atomic E-state index is 4.80. The molecule has 1 nitrogen and oxygen atoms in total. The Morgan fingerprint density at radius 1 is 0.825 bits per heavy atom. The number of allylic oxidation sites excluding steroid dienone is 3. The van der Waals surface area contributed by atoms with Crippen LogP contribution >= 0.6 is 45.2 Å². The van der Waals surface area contributed by atoms with Crippen LogP contribution in [0.4, 0.5) is 0 Å². The van der Waals surface area contributed by atoms with E-state index in [0.29, 0.717) is 11.8 Å². The Morgan fingerprint density at radius 3 is 2.23 bits per heavy atom. The van der Waals surface area contributed by atoms with Gasteiger partial charge in [-0.15, -0.1) is 0 Å². The van der Waals surface area contributed by atoms with E-state index in [4.69, 9.17) is 4.74 Å². The van der Waals surface area contributed by atoms with Gasteiger partial charge in [-0.2, -0.15) is 0 Å². The smallest absolute Gasteiger partial charge is 0.106 e. The molecule has 0 radical (unpaired) electrons. The first-order valence-corrected chi connectivity index (χ1v) is 16.4. The summed E-state index contributed by atoms with van der Waals surface area (Å²) < 4.78 is 5.02. The minimum atomic E-state index is 0.218. The predicted octanol–water partition coefficient (Wildman–Crippen LogP) is 10.9. The van der Waals surface area contributed by atoms with Gasteiger partial charge in [-0.05, 0) is 94.3 Å². The normalized spacial score (nSPS) is 22.0. The summed E-state index contributed by atoms with van der Waals surface area (Å²) in [6.07, 6.45) is 17.5.